The molecular formula is C22H15BrF2N2O4. The van der Waals surface area contributed by atoms with Crippen LogP contribution < -0.4 is 15.4 Å². The fraction of sp³-hybridized carbons (Fsp3) is 0.0909. The number of amides is 3. The number of hydrogen-bond donors (Lipinski definition) is 2. The molecule has 0 bridgehead atoms. The third kappa shape index (κ3) is 4.73. The molecule has 1 atom stereocenters. The zero-order valence-corrected chi connectivity index (χ0v) is 17.4. The highest BCUT2D eigenvalue weighted by Crippen LogP contribution is 2.34. The van der Waals surface area contributed by atoms with Gasteiger partial charge < -0.3 is 14.8 Å². The summed E-state index contributed by atoms with van der Waals surface area (Å²) in [6.45, 7) is 0.385. The molecule has 0 radical (unpaired) electrons. The van der Waals surface area contributed by atoms with Crippen molar-refractivity contribution in [2.45, 2.75) is 12.9 Å². The van der Waals surface area contributed by atoms with E-state index in [0.29, 0.717) is 12.3 Å². The maximum atomic E-state index is 13.7. The van der Waals surface area contributed by atoms with Crippen LogP contribution >= 0.6 is 15.9 Å². The van der Waals surface area contributed by atoms with Crippen LogP contribution in [0.2, 0.25) is 0 Å². The van der Waals surface area contributed by atoms with Gasteiger partial charge in [0.1, 0.15) is 22.9 Å². The lowest BCUT2D eigenvalue weighted by atomic mass is 10.1. The van der Waals surface area contributed by atoms with Gasteiger partial charge in [0.05, 0.1) is 6.61 Å². The van der Waals surface area contributed by atoms with Crippen LogP contribution in [0.3, 0.4) is 0 Å². The zero-order chi connectivity index (χ0) is 22.0. The molecule has 1 aliphatic heterocycles. The van der Waals surface area contributed by atoms with Crippen molar-refractivity contribution in [3.8, 4) is 5.75 Å². The van der Waals surface area contributed by atoms with Crippen LogP contribution in [0, 0.1) is 11.6 Å². The van der Waals surface area contributed by atoms with Crippen LogP contribution in [0.4, 0.5) is 19.3 Å². The second kappa shape index (κ2) is 8.83. The van der Waals surface area contributed by atoms with Gasteiger partial charge in [0, 0.05) is 21.3 Å². The summed E-state index contributed by atoms with van der Waals surface area (Å²) in [4.78, 5) is 24.0. The van der Waals surface area contributed by atoms with Crippen LogP contribution in [-0.2, 0) is 11.3 Å². The number of urea groups is 1. The van der Waals surface area contributed by atoms with Crippen molar-refractivity contribution in [1.29, 1.82) is 0 Å². The van der Waals surface area contributed by atoms with Crippen molar-refractivity contribution >= 4 is 33.6 Å². The number of benzene rings is 3. The number of rotatable bonds is 3. The Kier molecular flexibility index (Phi) is 5.97. The summed E-state index contributed by atoms with van der Waals surface area (Å²) in [6.07, 6.45) is -0.609. The van der Waals surface area contributed by atoms with Gasteiger partial charge >= 0.3 is 6.03 Å². The lowest BCUT2D eigenvalue weighted by molar-refractivity contribution is -0.111. The lowest BCUT2D eigenvalue weighted by Gasteiger charge is -2.26. The molecule has 1 heterocycles. The number of carbonyl (C=O) groups is 2. The van der Waals surface area contributed by atoms with Gasteiger partial charge in [-0.1, -0.05) is 34.1 Å². The van der Waals surface area contributed by atoms with Gasteiger partial charge in [-0.2, -0.15) is 0 Å². The lowest BCUT2D eigenvalue weighted by Crippen LogP contribution is -2.35. The molecule has 0 saturated heterocycles. The van der Waals surface area contributed by atoms with Crippen LogP contribution in [0.5, 0.6) is 5.75 Å². The van der Waals surface area contributed by atoms with Gasteiger partial charge in [-0.05, 0) is 42.5 Å². The molecular weight excluding hydrogens is 474 g/mol. The normalized spacial score (nSPS) is 14.9. The molecule has 1 unspecified atom stereocenters. The van der Waals surface area contributed by atoms with E-state index in [2.05, 4.69) is 21.2 Å². The Morgan fingerprint density at radius 2 is 1.71 bits per heavy atom. The van der Waals surface area contributed by atoms with E-state index >= 15 is 0 Å². The number of anilines is 1. The summed E-state index contributed by atoms with van der Waals surface area (Å²) in [7, 11) is 0. The van der Waals surface area contributed by atoms with Crippen molar-refractivity contribution < 1.29 is 27.8 Å². The maximum absolute atomic E-state index is 13.7. The fourth-order valence-electron chi connectivity index (χ4n) is 3.02. The average Bonchev–Trinajstić information content (AvgIpc) is 2.73. The molecule has 0 saturated carbocycles. The van der Waals surface area contributed by atoms with Crippen molar-refractivity contribution in [2.24, 2.45) is 0 Å². The molecule has 0 aromatic heterocycles. The number of ether oxygens (including phenoxy) is 2. The standard InChI is InChI=1S/C22H15BrF2N2O4/c23-14-6-9-18-13(10-14)11-30-21(31-18)12-4-7-15(8-5-12)26-22(29)27-20(28)19-16(24)2-1-3-17(19)25/h1-10,21H,11H2,(H2,26,27,28,29). The third-order valence-corrected chi connectivity index (χ3v) is 5.00. The number of nitrogens with one attached hydrogen (secondary N) is 2. The monoisotopic (exact) mass is 488 g/mol. The smallest absolute Gasteiger partial charge is 0.326 e. The molecule has 2 N–H and O–H groups in total. The van der Waals surface area contributed by atoms with Crippen molar-refractivity contribution in [1.82, 2.24) is 5.32 Å². The first-order valence-corrected chi connectivity index (χ1v) is 9.93. The molecule has 3 amide bonds. The predicted molar refractivity (Wildman–Crippen MR) is 112 cm³/mol. The Hall–Kier alpha value is -3.30. The second-order valence-electron chi connectivity index (χ2n) is 6.64. The minimum atomic E-state index is -1.18. The molecule has 3 aromatic rings. The molecule has 0 spiro atoms. The number of fused-ring (bicyclic) bond motifs is 1. The van der Waals surface area contributed by atoms with E-state index in [9.17, 15) is 18.4 Å². The van der Waals surface area contributed by atoms with Crippen LogP contribution in [0.25, 0.3) is 0 Å². The van der Waals surface area contributed by atoms with E-state index in [-0.39, 0.29) is 0 Å². The molecule has 9 heteroatoms. The molecule has 4 rings (SSSR count). The van der Waals surface area contributed by atoms with Crippen molar-refractivity contribution in [2.75, 3.05) is 5.32 Å². The van der Waals surface area contributed by atoms with Gasteiger partial charge in [-0.3, -0.25) is 10.1 Å². The molecule has 6 nitrogen and oxygen atoms in total. The summed E-state index contributed by atoms with van der Waals surface area (Å²) in [5.74, 6) is -2.58. The maximum Gasteiger partial charge on any atom is 0.326 e. The Bertz CT molecular complexity index is 1130. The molecule has 0 fully saturated rings. The number of carbonyl (C=O) groups excluding carboxylic acids is 2. The first kappa shape index (κ1) is 21.0. The van der Waals surface area contributed by atoms with E-state index in [1.54, 1.807) is 24.3 Å². The van der Waals surface area contributed by atoms with Gasteiger partial charge in [0.25, 0.3) is 5.91 Å². The topological polar surface area (TPSA) is 76.7 Å². The summed E-state index contributed by atoms with van der Waals surface area (Å²) in [5, 5.41) is 4.33. The quantitative estimate of drug-likeness (QED) is 0.524. The van der Waals surface area contributed by atoms with Crippen LogP contribution in [0.1, 0.15) is 27.8 Å². The number of halogens is 3. The third-order valence-electron chi connectivity index (χ3n) is 4.50. The summed E-state index contributed by atoms with van der Waals surface area (Å²) < 4.78 is 39.8. The molecule has 158 valence electrons. The zero-order valence-electron chi connectivity index (χ0n) is 15.8. The minimum absolute atomic E-state index is 0.364. The highest BCUT2D eigenvalue weighted by molar-refractivity contribution is 9.10. The highest BCUT2D eigenvalue weighted by atomic mass is 79.9. The summed E-state index contributed by atoms with van der Waals surface area (Å²) in [5.41, 5.74) is 1.19. The Morgan fingerprint density at radius 1 is 1.00 bits per heavy atom. The average molecular weight is 489 g/mol. The first-order chi connectivity index (χ1) is 14.9. The first-order valence-electron chi connectivity index (χ1n) is 9.14. The summed E-state index contributed by atoms with van der Waals surface area (Å²) >= 11 is 3.40. The Morgan fingerprint density at radius 3 is 2.42 bits per heavy atom. The molecule has 3 aromatic carbocycles. The van der Waals surface area contributed by atoms with Crippen LogP contribution in [-0.4, -0.2) is 11.9 Å². The van der Waals surface area contributed by atoms with E-state index in [1.807, 2.05) is 23.5 Å². The second-order valence-corrected chi connectivity index (χ2v) is 7.56. The molecule has 0 aliphatic carbocycles. The predicted octanol–water partition coefficient (Wildman–Crippen LogP) is 5.30. The van der Waals surface area contributed by atoms with E-state index in [0.717, 1.165) is 39.5 Å². The Balaban J connectivity index is 1.38. The van der Waals surface area contributed by atoms with Gasteiger partial charge in [0.2, 0.25) is 6.29 Å². The van der Waals surface area contributed by atoms with Gasteiger partial charge in [-0.15, -0.1) is 0 Å². The van der Waals surface area contributed by atoms with E-state index in [1.165, 1.54) is 0 Å². The SMILES string of the molecule is O=C(NC(=O)c1c(F)cccc1F)Nc1ccc(C2OCc3cc(Br)ccc3O2)cc1. The van der Waals surface area contributed by atoms with E-state index < -0.39 is 35.4 Å². The van der Waals surface area contributed by atoms with Gasteiger partial charge in [-0.25, -0.2) is 13.6 Å². The minimum Gasteiger partial charge on any atom is -0.460 e. The molecule has 31 heavy (non-hydrogen) atoms. The van der Waals surface area contributed by atoms with Gasteiger partial charge in [0.15, 0.2) is 0 Å². The highest BCUT2D eigenvalue weighted by Gasteiger charge is 2.22. The number of hydrogen-bond acceptors (Lipinski definition) is 4. The van der Waals surface area contributed by atoms with Crippen molar-refractivity contribution in [3.05, 3.63) is 93.5 Å². The number of imide groups is 1. The largest absolute Gasteiger partial charge is 0.460 e. The fourth-order valence-corrected chi connectivity index (χ4v) is 3.43. The molecule has 1 aliphatic rings. The Labute approximate surface area is 184 Å². The van der Waals surface area contributed by atoms with Crippen LogP contribution in [0.15, 0.2) is 65.1 Å². The van der Waals surface area contributed by atoms with E-state index in [4.69, 9.17) is 9.47 Å². The summed E-state index contributed by atoms with van der Waals surface area (Å²) in [6, 6.07) is 14.3. The van der Waals surface area contributed by atoms with Crippen molar-refractivity contribution in [3.63, 3.8) is 0 Å².